The van der Waals surface area contributed by atoms with Gasteiger partial charge in [-0.2, -0.15) is 13.2 Å². The lowest BCUT2D eigenvalue weighted by Crippen LogP contribution is -2.17. The number of alkyl halides is 3. The quantitative estimate of drug-likeness (QED) is 0.343. The zero-order chi connectivity index (χ0) is 24.5. The Hall–Kier alpha value is -3.75. The van der Waals surface area contributed by atoms with Crippen molar-refractivity contribution < 1.29 is 18.0 Å². The number of carbonyl (C=O) groups excluding carboxylic acids is 1. The maximum absolute atomic E-state index is 13.0. The van der Waals surface area contributed by atoms with E-state index in [1.165, 1.54) is 12.1 Å². The second kappa shape index (κ2) is 9.24. The number of aryl methyl sites for hydroxylation is 1. The van der Waals surface area contributed by atoms with Crippen molar-refractivity contribution in [3.05, 3.63) is 71.0 Å². The number of aromatic nitrogens is 4. The van der Waals surface area contributed by atoms with Crippen LogP contribution in [-0.4, -0.2) is 31.8 Å². The fraction of sp³-hybridized carbons (Fsp3) is 0.280. The number of hydrogen-bond acceptors (Lipinski definition) is 5. The summed E-state index contributed by atoms with van der Waals surface area (Å²) in [5.74, 6) is 1.05. The Morgan fingerprint density at radius 1 is 1.09 bits per heavy atom. The number of nitrogens with zero attached hydrogens (tertiary/aromatic N) is 4. The lowest BCUT2D eigenvalue weighted by Gasteiger charge is -2.16. The van der Waals surface area contributed by atoms with Gasteiger partial charge in [-0.3, -0.25) is 4.79 Å². The van der Waals surface area contributed by atoms with E-state index >= 15 is 0 Å². The zero-order valence-electron chi connectivity index (χ0n) is 19.0. The fourth-order valence-corrected chi connectivity index (χ4v) is 3.68. The molecule has 1 N–H and O–H groups in total. The highest BCUT2D eigenvalue weighted by molar-refractivity contribution is 5.89. The summed E-state index contributed by atoms with van der Waals surface area (Å²) in [5, 5.41) is 3.32. The molecule has 1 atom stereocenters. The number of halogens is 3. The van der Waals surface area contributed by atoms with Gasteiger partial charge in [0.2, 0.25) is 0 Å². The summed E-state index contributed by atoms with van der Waals surface area (Å²) in [6.07, 6.45) is -3.01. The average molecular weight is 467 g/mol. The molecule has 0 fully saturated rings. The van der Waals surface area contributed by atoms with Crippen LogP contribution in [0.4, 0.5) is 19.0 Å². The predicted octanol–water partition coefficient (Wildman–Crippen LogP) is 5.89. The van der Waals surface area contributed by atoms with Crippen LogP contribution in [0.1, 0.15) is 47.6 Å². The number of anilines is 1. The van der Waals surface area contributed by atoms with E-state index in [0.29, 0.717) is 34.7 Å². The van der Waals surface area contributed by atoms with Crippen LogP contribution in [-0.2, 0) is 12.7 Å². The molecule has 4 rings (SSSR count). The first-order valence-electron chi connectivity index (χ1n) is 10.9. The number of benzene rings is 2. The van der Waals surface area contributed by atoms with E-state index in [1.807, 2.05) is 49.6 Å². The summed E-state index contributed by atoms with van der Waals surface area (Å²) in [6.45, 7) is 6.23. The molecular formula is C25H24F3N5O. The number of fused-ring (bicyclic) bond motifs is 1. The summed E-state index contributed by atoms with van der Waals surface area (Å²) in [6, 6.07) is 12.9. The molecule has 6 nitrogen and oxygen atoms in total. The summed E-state index contributed by atoms with van der Waals surface area (Å²) in [5.41, 5.74) is 2.74. The molecule has 0 saturated heterocycles. The summed E-state index contributed by atoms with van der Waals surface area (Å²) in [4.78, 5) is 24.9. The number of aldehydes is 1. The van der Waals surface area contributed by atoms with Crippen molar-refractivity contribution in [3.63, 3.8) is 0 Å². The van der Waals surface area contributed by atoms with Gasteiger partial charge >= 0.3 is 6.18 Å². The van der Waals surface area contributed by atoms with E-state index in [-0.39, 0.29) is 18.4 Å². The number of carbonyl (C=O) groups is 1. The van der Waals surface area contributed by atoms with E-state index in [4.69, 9.17) is 4.98 Å². The molecule has 0 aliphatic carbocycles. The Labute approximate surface area is 194 Å². The fourth-order valence-electron chi connectivity index (χ4n) is 3.68. The van der Waals surface area contributed by atoms with Crippen LogP contribution in [0.5, 0.6) is 0 Å². The average Bonchev–Trinajstić information content (AvgIpc) is 3.17. The molecule has 0 unspecified atom stereocenters. The smallest absolute Gasteiger partial charge is 0.366 e. The Morgan fingerprint density at radius 3 is 2.44 bits per heavy atom. The molecule has 176 valence electrons. The van der Waals surface area contributed by atoms with Crippen LogP contribution < -0.4 is 5.32 Å². The highest BCUT2D eigenvalue weighted by Crippen LogP contribution is 2.32. The molecule has 0 radical (unpaired) electrons. The van der Waals surface area contributed by atoms with Crippen LogP contribution in [0.2, 0.25) is 0 Å². The molecule has 0 amide bonds. The van der Waals surface area contributed by atoms with Gasteiger partial charge in [0, 0.05) is 18.2 Å². The normalized spacial score (nSPS) is 12.6. The highest BCUT2D eigenvalue weighted by Gasteiger charge is 2.30. The second-order valence-electron chi connectivity index (χ2n) is 8.26. The van der Waals surface area contributed by atoms with Crippen LogP contribution in [0.15, 0.2) is 48.5 Å². The number of imidazole rings is 1. The molecule has 0 spiro atoms. The van der Waals surface area contributed by atoms with Crippen molar-refractivity contribution in [1.29, 1.82) is 0 Å². The largest absolute Gasteiger partial charge is 0.416 e. The minimum atomic E-state index is -4.40. The molecule has 34 heavy (non-hydrogen) atoms. The molecule has 2 aromatic carbocycles. The van der Waals surface area contributed by atoms with Crippen LogP contribution >= 0.6 is 0 Å². The van der Waals surface area contributed by atoms with Crippen LogP contribution in [0.25, 0.3) is 22.6 Å². The van der Waals surface area contributed by atoms with Gasteiger partial charge in [0.15, 0.2) is 23.6 Å². The third kappa shape index (κ3) is 4.78. The number of hydrogen-bond donors (Lipinski definition) is 1. The third-order valence-corrected chi connectivity index (χ3v) is 5.62. The third-order valence-electron chi connectivity index (χ3n) is 5.62. The summed E-state index contributed by atoms with van der Waals surface area (Å²) >= 11 is 0. The molecular weight excluding hydrogens is 443 g/mol. The van der Waals surface area contributed by atoms with Gasteiger partial charge in [-0.25, -0.2) is 15.0 Å². The Kier molecular flexibility index (Phi) is 6.37. The van der Waals surface area contributed by atoms with Crippen molar-refractivity contribution in [2.24, 2.45) is 0 Å². The monoisotopic (exact) mass is 467 g/mol. The van der Waals surface area contributed by atoms with E-state index < -0.39 is 11.7 Å². The number of rotatable bonds is 7. The highest BCUT2D eigenvalue weighted by atomic mass is 19.4. The van der Waals surface area contributed by atoms with Crippen LogP contribution in [0, 0.1) is 6.92 Å². The minimum absolute atomic E-state index is 0.00766. The van der Waals surface area contributed by atoms with Crippen molar-refractivity contribution in [3.8, 4) is 11.4 Å². The topological polar surface area (TPSA) is 72.7 Å². The van der Waals surface area contributed by atoms with E-state index in [9.17, 15) is 18.0 Å². The SMILES string of the molecule is CC[C@@H](C)Nc1nc(C=O)nc2nc(-c3cccc(C)c3)n(Cc3ccc(C(F)(F)F)cc3)c12. The minimum Gasteiger partial charge on any atom is -0.366 e. The van der Waals surface area contributed by atoms with Crippen molar-refractivity contribution in [1.82, 2.24) is 19.5 Å². The first-order chi connectivity index (χ1) is 16.2. The van der Waals surface area contributed by atoms with Crippen molar-refractivity contribution in [2.75, 3.05) is 5.32 Å². The van der Waals surface area contributed by atoms with Gasteiger partial charge in [0.25, 0.3) is 0 Å². The Bertz CT molecular complexity index is 1330. The van der Waals surface area contributed by atoms with Gasteiger partial charge in [-0.05, 0) is 44.0 Å². The summed E-state index contributed by atoms with van der Waals surface area (Å²) in [7, 11) is 0. The Balaban J connectivity index is 1.92. The van der Waals surface area contributed by atoms with Gasteiger partial charge in [-0.15, -0.1) is 0 Å². The standard InChI is InChI=1S/C25H24F3N5O/c1-4-16(3)29-22-21-23(31-20(14-34)30-22)32-24(18-7-5-6-15(2)12-18)33(21)13-17-8-10-19(11-9-17)25(26,27)28/h5-12,14,16H,4,13H2,1-3H3,(H,29,30,31)/t16-/m1/s1. The molecule has 9 heteroatoms. The lowest BCUT2D eigenvalue weighted by atomic mass is 10.1. The summed E-state index contributed by atoms with van der Waals surface area (Å²) < 4.78 is 41.0. The molecule has 2 aromatic heterocycles. The van der Waals surface area contributed by atoms with E-state index in [0.717, 1.165) is 29.7 Å². The van der Waals surface area contributed by atoms with Crippen molar-refractivity contribution in [2.45, 2.75) is 46.0 Å². The van der Waals surface area contributed by atoms with Crippen LogP contribution in [0.3, 0.4) is 0 Å². The van der Waals surface area contributed by atoms with Gasteiger partial charge < -0.3 is 9.88 Å². The second-order valence-corrected chi connectivity index (χ2v) is 8.26. The van der Waals surface area contributed by atoms with Gasteiger partial charge in [-0.1, -0.05) is 42.8 Å². The molecule has 0 aliphatic heterocycles. The van der Waals surface area contributed by atoms with Crippen molar-refractivity contribution >= 4 is 23.3 Å². The molecule has 0 aliphatic rings. The Morgan fingerprint density at radius 2 is 1.82 bits per heavy atom. The van der Waals surface area contributed by atoms with E-state index in [2.05, 4.69) is 15.3 Å². The zero-order valence-corrected chi connectivity index (χ0v) is 19.0. The number of nitrogens with one attached hydrogen (secondary N) is 1. The first-order valence-corrected chi connectivity index (χ1v) is 10.9. The molecule has 2 heterocycles. The predicted molar refractivity (Wildman–Crippen MR) is 125 cm³/mol. The van der Waals surface area contributed by atoms with E-state index in [1.54, 1.807) is 0 Å². The maximum atomic E-state index is 13.0. The first kappa shape index (κ1) is 23.4. The van der Waals surface area contributed by atoms with Gasteiger partial charge in [0.05, 0.1) is 5.56 Å². The molecule has 4 aromatic rings. The lowest BCUT2D eigenvalue weighted by molar-refractivity contribution is -0.137. The van der Waals surface area contributed by atoms with Gasteiger partial charge in [0.1, 0.15) is 11.3 Å². The maximum Gasteiger partial charge on any atom is 0.416 e. The molecule has 0 saturated carbocycles. The molecule has 0 bridgehead atoms.